The van der Waals surface area contributed by atoms with Crippen LogP contribution in [0.4, 0.5) is 0 Å². The number of carbonyl (C=O) groups excluding carboxylic acids is 2. The quantitative estimate of drug-likeness (QED) is 0.581. The zero-order valence-corrected chi connectivity index (χ0v) is 20.7. The van der Waals surface area contributed by atoms with Gasteiger partial charge in [0.1, 0.15) is 16.2 Å². The van der Waals surface area contributed by atoms with Gasteiger partial charge < -0.3 is 14.8 Å². The first-order chi connectivity index (χ1) is 16.2. The number of hydrogen-bond donors (Lipinski definition) is 1. The van der Waals surface area contributed by atoms with Gasteiger partial charge in [-0.2, -0.15) is 9.57 Å². The Bertz CT molecular complexity index is 1040. The SMILES string of the molecule is COc1ccc(C(=O)OC(C)C(=O)NC2(C#N)CCCCC2)cc1S(=O)(=O)N1CCCCCC1. The largest absolute Gasteiger partial charge is 0.495 e. The molecule has 10 heteroatoms. The van der Waals surface area contributed by atoms with E-state index < -0.39 is 33.5 Å². The van der Waals surface area contributed by atoms with Gasteiger partial charge in [0.15, 0.2) is 6.10 Å². The second kappa shape index (κ2) is 11.2. The molecule has 1 saturated heterocycles. The Labute approximate surface area is 201 Å². The van der Waals surface area contributed by atoms with Crippen LogP contribution in [0.15, 0.2) is 23.1 Å². The lowest BCUT2D eigenvalue weighted by Crippen LogP contribution is -2.52. The molecule has 1 saturated carbocycles. The predicted molar refractivity (Wildman–Crippen MR) is 125 cm³/mol. The Morgan fingerprint density at radius 2 is 1.71 bits per heavy atom. The summed E-state index contributed by atoms with van der Waals surface area (Å²) < 4.78 is 38.6. The fraction of sp³-hybridized carbons (Fsp3) is 0.625. The number of amides is 1. The molecule has 0 radical (unpaired) electrons. The zero-order chi connectivity index (χ0) is 24.8. The first-order valence-corrected chi connectivity index (χ1v) is 13.3. The molecule has 186 valence electrons. The number of benzene rings is 1. The van der Waals surface area contributed by atoms with Crippen LogP contribution < -0.4 is 10.1 Å². The van der Waals surface area contributed by atoms with E-state index in [0.29, 0.717) is 25.9 Å². The molecule has 0 aromatic heterocycles. The molecular formula is C24H33N3O6S. The van der Waals surface area contributed by atoms with Crippen LogP contribution in [0.25, 0.3) is 0 Å². The summed E-state index contributed by atoms with van der Waals surface area (Å²) in [7, 11) is -2.50. The molecule has 1 atom stereocenters. The smallest absolute Gasteiger partial charge is 0.338 e. The van der Waals surface area contributed by atoms with Crippen molar-refractivity contribution in [3.63, 3.8) is 0 Å². The van der Waals surface area contributed by atoms with Crippen LogP contribution >= 0.6 is 0 Å². The van der Waals surface area contributed by atoms with Crippen molar-refractivity contribution in [2.45, 2.75) is 81.2 Å². The number of sulfonamides is 1. The molecule has 1 amide bonds. The second-order valence-corrected chi connectivity index (χ2v) is 10.9. The Morgan fingerprint density at radius 3 is 2.29 bits per heavy atom. The van der Waals surface area contributed by atoms with Gasteiger partial charge in [-0.25, -0.2) is 13.2 Å². The number of methoxy groups -OCH3 is 1. The summed E-state index contributed by atoms with van der Waals surface area (Å²) in [4.78, 5) is 25.3. The molecule has 1 aromatic carbocycles. The van der Waals surface area contributed by atoms with Gasteiger partial charge in [0.25, 0.3) is 5.91 Å². The molecule has 1 aliphatic carbocycles. The van der Waals surface area contributed by atoms with Gasteiger partial charge in [-0.05, 0) is 50.8 Å². The lowest BCUT2D eigenvalue weighted by atomic mass is 9.83. The molecule has 1 unspecified atom stereocenters. The highest BCUT2D eigenvalue weighted by atomic mass is 32.2. The number of ether oxygens (including phenoxy) is 2. The average Bonchev–Trinajstić information content (AvgIpc) is 3.14. The van der Waals surface area contributed by atoms with Crippen molar-refractivity contribution in [1.82, 2.24) is 9.62 Å². The van der Waals surface area contributed by atoms with Crippen LogP contribution in [0.2, 0.25) is 0 Å². The Morgan fingerprint density at radius 1 is 1.09 bits per heavy atom. The summed E-state index contributed by atoms with van der Waals surface area (Å²) in [6, 6.07) is 6.27. The molecule has 2 fully saturated rings. The Kier molecular flexibility index (Phi) is 8.55. The molecule has 3 rings (SSSR count). The minimum atomic E-state index is -3.87. The third kappa shape index (κ3) is 5.88. The van der Waals surface area contributed by atoms with Gasteiger partial charge in [-0.15, -0.1) is 0 Å². The number of esters is 1. The molecule has 9 nitrogen and oxygen atoms in total. The van der Waals surface area contributed by atoms with Gasteiger partial charge in [-0.3, -0.25) is 4.79 Å². The topological polar surface area (TPSA) is 126 Å². The van der Waals surface area contributed by atoms with Crippen LogP contribution in [-0.4, -0.2) is 56.4 Å². The van der Waals surface area contributed by atoms with Crippen molar-refractivity contribution in [1.29, 1.82) is 5.26 Å². The van der Waals surface area contributed by atoms with Gasteiger partial charge in [0.2, 0.25) is 10.0 Å². The standard InChI is InChI=1S/C24H33N3O6S/c1-18(22(28)26-24(17-25)12-6-5-7-13-24)33-23(29)19-10-11-20(32-2)21(16-19)34(30,31)27-14-8-3-4-9-15-27/h10-11,16,18H,3-9,12-15H2,1-2H3,(H,26,28). The maximum Gasteiger partial charge on any atom is 0.338 e. The Balaban J connectivity index is 1.76. The summed E-state index contributed by atoms with van der Waals surface area (Å²) in [5.74, 6) is -1.24. The first kappa shape index (κ1) is 26.0. The number of rotatable bonds is 7. The fourth-order valence-electron chi connectivity index (χ4n) is 4.47. The molecule has 2 aliphatic rings. The van der Waals surface area contributed by atoms with E-state index in [1.807, 2.05) is 0 Å². The average molecular weight is 492 g/mol. The van der Waals surface area contributed by atoms with Crippen molar-refractivity contribution in [2.24, 2.45) is 0 Å². The maximum atomic E-state index is 13.3. The maximum absolute atomic E-state index is 13.3. The van der Waals surface area contributed by atoms with E-state index in [4.69, 9.17) is 9.47 Å². The molecule has 34 heavy (non-hydrogen) atoms. The highest BCUT2D eigenvalue weighted by Gasteiger charge is 2.36. The van der Waals surface area contributed by atoms with Crippen LogP contribution in [0.5, 0.6) is 5.75 Å². The molecule has 1 N–H and O–H groups in total. The summed E-state index contributed by atoms with van der Waals surface area (Å²) in [6.45, 7) is 2.26. The highest BCUT2D eigenvalue weighted by molar-refractivity contribution is 7.89. The molecule has 1 aromatic rings. The fourth-order valence-corrected chi connectivity index (χ4v) is 6.16. The summed E-state index contributed by atoms with van der Waals surface area (Å²) in [5, 5.41) is 12.3. The minimum absolute atomic E-state index is 0.00140. The summed E-state index contributed by atoms with van der Waals surface area (Å²) >= 11 is 0. The van der Waals surface area contributed by atoms with Crippen LogP contribution in [0.1, 0.15) is 75.1 Å². The molecule has 1 aliphatic heterocycles. The molecule has 0 bridgehead atoms. The third-order valence-electron chi connectivity index (χ3n) is 6.52. The van der Waals surface area contributed by atoms with E-state index in [0.717, 1.165) is 44.9 Å². The van der Waals surface area contributed by atoms with Gasteiger partial charge in [-0.1, -0.05) is 32.1 Å². The van der Waals surface area contributed by atoms with Gasteiger partial charge >= 0.3 is 5.97 Å². The Hall–Kier alpha value is -2.64. The summed E-state index contributed by atoms with van der Waals surface area (Å²) in [5.41, 5.74) is -0.939. The lowest BCUT2D eigenvalue weighted by Gasteiger charge is -2.32. The third-order valence-corrected chi connectivity index (χ3v) is 8.44. The normalized spacial score (nSPS) is 19.8. The monoisotopic (exact) mass is 491 g/mol. The number of carbonyl (C=O) groups is 2. The van der Waals surface area contributed by atoms with Crippen LogP contribution in [0, 0.1) is 11.3 Å². The van der Waals surface area contributed by atoms with Gasteiger partial charge in [0.05, 0.1) is 18.7 Å². The minimum Gasteiger partial charge on any atom is -0.495 e. The van der Waals surface area contributed by atoms with Crippen molar-refractivity contribution in [3.05, 3.63) is 23.8 Å². The van der Waals surface area contributed by atoms with E-state index in [1.165, 1.54) is 36.5 Å². The van der Waals surface area contributed by atoms with Crippen molar-refractivity contribution >= 4 is 21.9 Å². The van der Waals surface area contributed by atoms with Gasteiger partial charge in [0, 0.05) is 13.1 Å². The van der Waals surface area contributed by atoms with E-state index in [2.05, 4.69) is 11.4 Å². The number of nitrogens with one attached hydrogen (secondary N) is 1. The van der Waals surface area contributed by atoms with Crippen LogP contribution in [-0.2, 0) is 19.6 Å². The van der Waals surface area contributed by atoms with Crippen molar-refractivity contribution in [2.75, 3.05) is 20.2 Å². The predicted octanol–water partition coefficient (Wildman–Crippen LogP) is 3.15. The highest BCUT2D eigenvalue weighted by Crippen LogP contribution is 2.30. The molecule has 0 spiro atoms. The van der Waals surface area contributed by atoms with Crippen molar-refractivity contribution < 1.29 is 27.5 Å². The lowest BCUT2D eigenvalue weighted by molar-refractivity contribution is -0.130. The molecule has 1 heterocycles. The number of nitriles is 1. The zero-order valence-electron chi connectivity index (χ0n) is 19.8. The first-order valence-electron chi connectivity index (χ1n) is 11.8. The number of hydrogen-bond acceptors (Lipinski definition) is 7. The van der Waals surface area contributed by atoms with E-state index in [1.54, 1.807) is 0 Å². The van der Waals surface area contributed by atoms with E-state index >= 15 is 0 Å². The van der Waals surface area contributed by atoms with E-state index in [-0.39, 0.29) is 16.2 Å². The summed E-state index contributed by atoms with van der Waals surface area (Å²) in [6.07, 6.45) is 6.20. The second-order valence-electron chi connectivity index (χ2n) is 8.98. The van der Waals surface area contributed by atoms with Crippen LogP contribution in [0.3, 0.4) is 0 Å². The van der Waals surface area contributed by atoms with E-state index in [9.17, 15) is 23.3 Å². The molecular weight excluding hydrogens is 458 g/mol. The number of nitrogens with zero attached hydrogens (tertiary/aromatic N) is 2. The van der Waals surface area contributed by atoms with Crippen molar-refractivity contribution in [3.8, 4) is 11.8 Å².